The van der Waals surface area contributed by atoms with Gasteiger partial charge in [-0.1, -0.05) is 6.07 Å². The highest BCUT2D eigenvalue weighted by molar-refractivity contribution is 6.01. The molecular weight excluding hydrogens is 392 g/mol. The minimum absolute atomic E-state index is 0.0774. The van der Waals surface area contributed by atoms with E-state index in [1.165, 1.54) is 0 Å². The Morgan fingerprint density at radius 1 is 1.06 bits per heavy atom. The Morgan fingerprint density at radius 2 is 1.71 bits per heavy atom. The molecule has 1 aromatic heterocycles. The van der Waals surface area contributed by atoms with Gasteiger partial charge in [-0.25, -0.2) is 4.98 Å². The van der Waals surface area contributed by atoms with Gasteiger partial charge < -0.3 is 21.1 Å². The molecule has 2 saturated carbocycles. The summed E-state index contributed by atoms with van der Waals surface area (Å²) in [7, 11) is 0. The maximum absolute atomic E-state index is 12.9. The van der Waals surface area contributed by atoms with Crippen LogP contribution in [0, 0.1) is 6.92 Å². The van der Waals surface area contributed by atoms with Crippen LogP contribution in [0.15, 0.2) is 30.5 Å². The molecule has 0 bridgehead atoms. The van der Waals surface area contributed by atoms with Crippen molar-refractivity contribution in [1.29, 1.82) is 0 Å². The molecule has 4 N–H and O–H groups in total. The van der Waals surface area contributed by atoms with Gasteiger partial charge in [-0.05, 0) is 75.8 Å². The summed E-state index contributed by atoms with van der Waals surface area (Å²) in [5.74, 6) is 0.168. The van der Waals surface area contributed by atoms with Gasteiger partial charge in [0.05, 0.1) is 17.7 Å². The van der Waals surface area contributed by atoms with E-state index in [4.69, 9.17) is 0 Å². The number of carbonyl (C=O) groups excluding carboxylic acids is 2. The number of carbonyl (C=O) groups is 2. The molecule has 164 valence electrons. The fraction of sp³-hybridized carbons (Fsp3) is 0.458. The summed E-state index contributed by atoms with van der Waals surface area (Å²) in [6.45, 7) is 5.56. The Hall–Kier alpha value is -2.93. The molecule has 4 rings (SSSR count). The second kappa shape index (κ2) is 8.30. The van der Waals surface area contributed by atoms with Crippen molar-refractivity contribution in [1.82, 2.24) is 15.6 Å². The fourth-order valence-corrected chi connectivity index (χ4v) is 3.31. The van der Waals surface area contributed by atoms with Crippen molar-refractivity contribution < 1.29 is 14.7 Å². The Labute approximate surface area is 182 Å². The van der Waals surface area contributed by atoms with E-state index < -0.39 is 5.54 Å². The normalized spacial score (nSPS) is 16.0. The van der Waals surface area contributed by atoms with Gasteiger partial charge in [0, 0.05) is 29.4 Å². The second-order valence-corrected chi connectivity index (χ2v) is 9.31. The predicted molar refractivity (Wildman–Crippen MR) is 120 cm³/mol. The molecule has 0 atom stereocenters. The first-order valence-corrected chi connectivity index (χ1v) is 10.9. The number of aliphatic hydroxyl groups excluding tert-OH is 1. The first kappa shape index (κ1) is 21.3. The van der Waals surface area contributed by atoms with Gasteiger partial charge in [0.1, 0.15) is 5.82 Å². The number of hydrogen-bond acceptors (Lipinski definition) is 5. The fourth-order valence-electron chi connectivity index (χ4n) is 3.31. The third kappa shape index (κ3) is 5.22. The van der Waals surface area contributed by atoms with Gasteiger partial charge in [0.15, 0.2) is 0 Å². The van der Waals surface area contributed by atoms with Crippen LogP contribution in [0.3, 0.4) is 0 Å². The molecule has 7 heteroatoms. The van der Waals surface area contributed by atoms with E-state index >= 15 is 0 Å². The van der Waals surface area contributed by atoms with Gasteiger partial charge in [0.25, 0.3) is 11.8 Å². The van der Waals surface area contributed by atoms with Crippen LogP contribution < -0.4 is 16.0 Å². The summed E-state index contributed by atoms with van der Waals surface area (Å²) in [5, 5.41) is 18.8. The molecule has 2 aliphatic carbocycles. The smallest absolute Gasteiger partial charge is 0.255 e. The van der Waals surface area contributed by atoms with Gasteiger partial charge in [-0.3, -0.25) is 9.59 Å². The van der Waals surface area contributed by atoms with Crippen LogP contribution in [0.25, 0.3) is 11.1 Å². The summed E-state index contributed by atoms with van der Waals surface area (Å²) in [5.41, 5.74) is 3.03. The molecule has 1 heterocycles. The standard InChI is InChI=1S/C24H30N4O3/c1-14-4-5-15(22(30)26-17-6-7-17)10-19(14)16-11-20(23(31)27-18-8-9-18)21(25-12-16)28-24(2,3)13-29/h4-5,10-12,17-18,29H,6-9,13H2,1-3H3,(H,25,28)(H,26,30)(H,27,31). The lowest BCUT2D eigenvalue weighted by Crippen LogP contribution is -2.37. The lowest BCUT2D eigenvalue weighted by molar-refractivity contribution is 0.0942. The highest BCUT2D eigenvalue weighted by atomic mass is 16.3. The van der Waals surface area contributed by atoms with E-state index in [0.29, 0.717) is 16.9 Å². The zero-order valence-corrected chi connectivity index (χ0v) is 18.3. The Morgan fingerprint density at radius 3 is 2.32 bits per heavy atom. The predicted octanol–water partition coefficient (Wildman–Crippen LogP) is 3.02. The van der Waals surface area contributed by atoms with Crippen molar-refractivity contribution in [3.8, 4) is 11.1 Å². The van der Waals surface area contributed by atoms with Crippen LogP contribution in [-0.4, -0.2) is 46.1 Å². The molecule has 1 aromatic carbocycles. The van der Waals surface area contributed by atoms with E-state index in [1.807, 2.05) is 45.0 Å². The van der Waals surface area contributed by atoms with Crippen LogP contribution in [0.2, 0.25) is 0 Å². The lowest BCUT2D eigenvalue weighted by atomic mass is 9.97. The minimum Gasteiger partial charge on any atom is -0.394 e. The summed E-state index contributed by atoms with van der Waals surface area (Å²) >= 11 is 0. The molecule has 31 heavy (non-hydrogen) atoms. The number of hydrogen-bond donors (Lipinski definition) is 4. The van der Waals surface area contributed by atoms with Crippen molar-refractivity contribution >= 4 is 17.6 Å². The number of aromatic nitrogens is 1. The van der Waals surface area contributed by atoms with Gasteiger partial charge in [-0.15, -0.1) is 0 Å². The highest BCUT2D eigenvalue weighted by Gasteiger charge is 2.28. The van der Waals surface area contributed by atoms with Crippen molar-refractivity contribution in [2.75, 3.05) is 11.9 Å². The molecule has 0 spiro atoms. The van der Waals surface area contributed by atoms with Crippen LogP contribution in [-0.2, 0) is 0 Å². The zero-order valence-electron chi connectivity index (χ0n) is 18.3. The first-order valence-electron chi connectivity index (χ1n) is 10.9. The van der Waals surface area contributed by atoms with Crippen molar-refractivity contribution in [3.05, 3.63) is 47.2 Å². The number of aryl methyl sites for hydroxylation is 1. The number of nitrogens with one attached hydrogen (secondary N) is 3. The molecular formula is C24H30N4O3. The largest absolute Gasteiger partial charge is 0.394 e. The molecule has 0 saturated heterocycles. The summed E-state index contributed by atoms with van der Waals surface area (Å²) < 4.78 is 0. The number of pyridine rings is 1. The highest BCUT2D eigenvalue weighted by Crippen LogP contribution is 2.29. The Bertz CT molecular complexity index is 1010. The topological polar surface area (TPSA) is 103 Å². The SMILES string of the molecule is Cc1ccc(C(=O)NC2CC2)cc1-c1cnc(NC(C)(C)CO)c(C(=O)NC2CC2)c1. The second-order valence-electron chi connectivity index (χ2n) is 9.31. The lowest BCUT2D eigenvalue weighted by Gasteiger charge is -2.25. The molecule has 2 aliphatic rings. The molecule has 2 amide bonds. The van der Waals surface area contributed by atoms with E-state index in [9.17, 15) is 14.7 Å². The molecule has 2 fully saturated rings. The average Bonchev–Trinajstić information content (AvgIpc) is 3.66. The quantitative estimate of drug-likeness (QED) is 0.524. The van der Waals surface area contributed by atoms with Gasteiger partial charge >= 0.3 is 0 Å². The zero-order chi connectivity index (χ0) is 22.2. The number of anilines is 1. The summed E-state index contributed by atoms with van der Waals surface area (Å²) in [4.78, 5) is 30.0. The van der Waals surface area contributed by atoms with Crippen LogP contribution >= 0.6 is 0 Å². The Kier molecular flexibility index (Phi) is 5.71. The number of amides is 2. The average molecular weight is 423 g/mol. The number of benzene rings is 1. The van der Waals surface area contributed by atoms with Crippen LogP contribution in [0.4, 0.5) is 5.82 Å². The molecule has 0 radical (unpaired) electrons. The summed E-state index contributed by atoms with van der Waals surface area (Å²) in [6, 6.07) is 7.91. The van der Waals surface area contributed by atoms with Crippen LogP contribution in [0.1, 0.15) is 65.8 Å². The summed E-state index contributed by atoms with van der Waals surface area (Å²) in [6.07, 6.45) is 5.75. The number of aliphatic hydroxyl groups is 1. The molecule has 0 unspecified atom stereocenters. The molecule has 7 nitrogen and oxygen atoms in total. The third-order valence-electron chi connectivity index (χ3n) is 5.62. The van der Waals surface area contributed by atoms with E-state index in [2.05, 4.69) is 20.9 Å². The molecule has 0 aliphatic heterocycles. The van der Waals surface area contributed by atoms with Crippen molar-refractivity contribution in [3.63, 3.8) is 0 Å². The number of rotatable bonds is 8. The maximum atomic E-state index is 12.9. The maximum Gasteiger partial charge on any atom is 0.255 e. The first-order chi connectivity index (χ1) is 14.8. The Balaban J connectivity index is 1.69. The van der Waals surface area contributed by atoms with E-state index in [1.54, 1.807) is 6.20 Å². The van der Waals surface area contributed by atoms with E-state index in [-0.39, 0.29) is 30.5 Å². The monoisotopic (exact) mass is 422 g/mol. The van der Waals surface area contributed by atoms with E-state index in [0.717, 1.165) is 42.4 Å². The number of nitrogens with zero attached hydrogens (tertiary/aromatic N) is 1. The van der Waals surface area contributed by atoms with Crippen molar-refractivity contribution in [2.45, 2.75) is 64.1 Å². The van der Waals surface area contributed by atoms with Crippen molar-refractivity contribution in [2.24, 2.45) is 0 Å². The minimum atomic E-state index is -0.625. The van der Waals surface area contributed by atoms with Gasteiger partial charge in [0.2, 0.25) is 0 Å². The van der Waals surface area contributed by atoms with Gasteiger partial charge in [-0.2, -0.15) is 0 Å². The third-order valence-corrected chi connectivity index (χ3v) is 5.62. The van der Waals surface area contributed by atoms with Crippen LogP contribution in [0.5, 0.6) is 0 Å². The molecule has 2 aromatic rings.